The van der Waals surface area contributed by atoms with Gasteiger partial charge >= 0.3 is 0 Å². The van der Waals surface area contributed by atoms with E-state index in [0.717, 1.165) is 73.6 Å². The van der Waals surface area contributed by atoms with E-state index >= 15 is 0 Å². The number of carbonyl (C=O) groups excluding carboxylic acids is 2. The van der Waals surface area contributed by atoms with Crippen LogP contribution in [0.1, 0.15) is 65.3 Å². The third-order valence-corrected chi connectivity index (χ3v) is 6.64. The Morgan fingerprint density at radius 1 is 1.08 bits per heavy atom. The van der Waals surface area contributed by atoms with Crippen LogP contribution in [0.5, 0.6) is 0 Å². The maximum absolute atomic E-state index is 13.3. The Morgan fingerprint density at radius 2 is 1.80 bits per heavy atom. The van der Waals surface area contributed by atoms with E-state index in [1.165, 1.54) is 11.3 Å². The smallest absolute Gasteiger partial charge is 0.266 e. The molecule has 0 N–H and O–H groups in total. The number of rotatable bonds is 1. The molecule has 0 bridgehead atoms. The number of aromatic nitrogens is 1. The molecule has 1 aromatic rings. The minimum Gasteiger partial charge on any atom is -0.345 e. The molecule has 5 nitrogen and oxygen atoms in total. The van der Waals surface area contributed by atoms with E-state index in [2.05, 4.69) is 4.98 Å². The van der Waals surface area contributed by atoms with E-state index in [1.54, 1.807) is 0 Å². The van der Waals surface area contributed by atoms with E-state index in [9.17, 15) is 9.59 Å². The van der Waals surface area contributed by atoms with Crippen LogP contribution < -0.4 is 0 Å². The Balaban J connectivity index is 1.89. The van der Waals surface area contributed by atoms with Gasteiger partial charge in [0.15, 0.2) is 0 Å². The largest absolute Gasteiger partial charge is 0.345 e. The fourth-order valence-corrected chi connectivity index (χ4v) is 5.13. The van der Waals surface area contributed by atoms with E-state index in [4.69, 9.17) is 0 Å². The van der Waals surface area contributed by atoms with Gasteiger partial charge in [0, 0.05) is 26.2 Å². The molecule has 6 heteroatoms. The van der Waals surface area contributed by atoms with Gasteiger partial charge in [-0.2, -0.15) is 0 Å². The van der Waals surface area contributed by atoms with Crippen molar-refractivity contribution in [1.82, 2.24) is 14.8 Å². The minimum atomic E-state index is -0.0404. The zero-order valence-electron chi connectivity index (χ0n) is 15.6. The number of aryl methyl sites for hydroxylation is 2. The summed E-state index contributed by atoms with van der Waals surface area (Å²) in [5.74, 6) is 0.260. The molecule has 1 aliphatic carbocycles. The van der Waals surface area contributed by atoms with Crippen molar-refractivity contribution in [2.75, 3.05) is 20.1 Å². The Bertz CT molecular complexity index is 643. The van der Waals surface area contributed by atoms with Gasteiger partial charge in [0.1, 0.15) is 4.88 Å². The molecule has 0 radical (unpaired) electrons. The molecule has 1 aromatic heterocycles. The second kappa shape index (κ2) is 7.85. The lowest BCUT2D eigenvalue weighted by atomic mass is 9.99. The molecule has 2 atom stereocenters. The first-order valence-corrected chi connectivity index (χ1v) is 10.3. The van der Waals surface area contributed by atoms with Crippen molar-refractivity contribution in [2.45, 2.75) is 64.8 Å². The maximum Gasteiger partial charge on any atom is 0.266 e. The van der Waals surface area contributed by atoms with Gasteiger partial charge in [-0.3, -0.25) is 9.59 Å². The molecule has 0 spiro atoms. The van der Waals surface area contributed by atoms with Crippen LogP contribution >= 0.6 is 11.3 Å². The molecule has 3 rings (SSSR count). The molecule has 0 aromatic carbocycles. The molecule has 138 valence electrons. The average Bonchev–Trinajstić information content (AvgIpc) is 3.18. The minimum absolute atomic E-state index is 0.0404. The van der Waals surface area contributed by atoms with Crippen LogP contribution in [0.4, 0.5) is 0 Å². The molecule has 25 heavy (non-hydrogen) atoms. The number of thiazole rings is 1. The summed E-state index contributed by atoms with van der Waals surface area (Å²) < 4.78 is 0. The first-order chi connectivity index (χ1) is 12.0. The molecule has 1 saturated heterocycles. The number of carbonyl (C=O) groups is 2. The van der Waals surface area contributed by atoms with Crippen molar-refractivity contribution >= 4 is 23.2 Å². The van der Waals surface area contributed by atoms with Gasteiger partial charge in [0.05, 0.1) is 16.6 Å². The molecular weight excluding hydrogens is 334 g/mol. The summed E-state index contributed by atoms with van der Waals surface area (Å²) in [6, 6.07) is 0.0438. The molecule has 1 saturated carbocycles. The highest BCUT2D eigenvalue weighted by molar-refractivity contribution is 7.13. The van der Waals surface area contributed by atoms with E-state index in [0.29, 0.717) is 0 Å². The Morgan fingerprint density at radius 3 is 2.48 bits per heavy atom. The third-order valence-electron chi connectivity index (χ3n) is 5.57. The highest BCUT2D eigenvalue weighted by Gasteiger charge is 2.40. The van der Waals surface area contributed by atoms with Crippen LogP contribution in [-0.2, 0) is 4.79 Å². The van der Waals surface area contributed by atoms with E-state index < -0.39 is 0 Å². The monoisotopic (exact) mass is 363 g/mol. The summed E-state index contributed by atoms with van der Waals surface area (Å²) in [6.07, 6.45) is 7.17. The van der Waals surface area contributed by atoms with Crippen LogP contribution in [0.3, 0.4) is 0 Å². The summed E-state index contributed by atoms with van der Waals surface area (Å²) in [7, 11) is 1.92. The normalized spacial score (nSPS) is 25.6. The fraction of sp³-hybridized carbons (Fsp3) is 0.737. The first-order valence-electron chi connectivity index (χ1n) is 9.49. The van der Waals surface area contributed by atoms with Crippen molar-refractivity contribution in [3.8, 4) is 0 Å². The first kappa shape index (κ1) is 18.4. The number of fused-ring (bicyclic) bond motifs is 1. The lowest BCUT2D eigenvalue weighted by molar-refractivity contribution is -0.135. The highest BCUT2D eigenvalue weighted by atomic mass is 32.1. The summed E-state index contributed by atoms with van der Waals surface area (Å²) >= 11 is 1.48. The number of nitrogens with zero attached hydrogens (tertiary/aromatic N) is 3. The second-order valence-corrected chi connectivity index (χ2v) is 8.63. The highest BCUT2D eigenvalue weighted by Crippen LogP contribution is 2.34. The summed E-state index contributed by atoms with van der Waals surface area (Å²) in [4.78, 5) is 35.3. The standard InChI is InChI=1S/C19H29N3O2S/c1-13-17(25-14(2)20-13)19(24)22-12-7-5-4-6-11-21(3)18(23)15-9-8-10-16(15)22/h15-16H,4-12H2,1-3H3/t15-,16+/m1/s1. The molecule has 2 aliphatic rings. The molecule has 2 fully saturated rings. The molecule has 0 unspecified atom stereocenters. The number of hydrogen-bond acceptors (Lipinski definition) is 4. The summed E-state index contributed by atoms with van der Waals surface area (Å²) in [5, 5.41) is 0.928. The predicted octanol–water partition coefficient (Wildman–Crippen LogP) is 3.40. The lowest BCUT2D eigenvalue weighted by Crippen LogP contribution is -2.47. The average molecular weight is 364 g/mol. The zero-order chi connectivity index (χ0) is 18.0. The quantitative estimate of drug-likeness (QED) is 0.768. The topological polar surface area (TPSA) is 53.5 Å². The molecular formula is C19H29N3O2S. The zero-order valence-corrected chi connectivity index (χ0v) is 16.4. The van der Waals surface area contributed by atoms with E-state index in [-0.39, 0.29) is 23.8 Å². The number of hydrogen-bond donors (Lipinski definition) is 0. The van der Waals surface area contributed by atoms with Gasteiger partial charge in [-0.25, -0.2) is 4.98 Å². The Hall–Kier alpha value is -1.43. The van der Waals surface area contributed by atoms with Gasteiger partial charge in [-0.1, -0.05) is 19.3 Å². The second-order valence-electron chi connectivity index (χ2n) is 7.42. The SMILES string of the molecule is Cc1nc(C)c(C(=O)N2CCCCCCN(C)C(=O)[C@@H]3CCC[C@@H]32)s1. The fourth-order valence-electron chi connectivity index (χ4n) is 4.26. The van der Waals surface area contributed by atoms with Gasteiger partial charge in [-0.15, -0.1) is 11.3 Å². The Labute approximate surface area is 154 Å². The summed E-state index contributed by atoms with van der Waals surface area (Å²) in [6.45, 7) is 5.45. The van der Waals surface area contributed by atoms with Crippen molar-refractivity contribution in [1.29, 1.82) is 0 Å². The van der Waals surface area contributed by atoms with Crippen molar-refractivity contribution in [3.05, 3.63) is 15.6 Å². The van der Waals surface area contributed by atoms with Gasteiger partial charge in [0.2, 0.25) is 5.91 Å². The van der Waals surface area contributed by atoms with Gasteiger partial charge < -0.3 is 9.80 Å². The van der Waals surface area contributed by atoms with Crippen molar-refractivity contribution in [3.63, 3.8) is 0 Å². The van der Waals surface area contributed by atoms with Crippen LogP contribution in [0.15, 0.2) is 0 Å². The van der Waals surface area contributed by atoms with Gasteiger partial charge in [-0.05, 0) is 39.5 Å². The van der Waals surface area contributed by atoms with Crippen molar-refractivity contribution < 1.29 is 9.59 Å². The van der Waals surface area contributed by atoms with Crippen LogP contribution in [0.2, 0.25) is 0 Å². The molecule has 2 amide bonds. The maximum atomic E-state index is 13.3. The third kappa shape index (κ3) is 3.89. The molecule has 1 aliphatic heterocycles. The van der Waals surface area contributed by atoms with Crippen LogP contribution in [0.25, 0.3) is 0 Å². The molecule has 2 heterocycles. The lowest BCUT2D eigenvalue weighted by Gasteiger charge is -2.33. The van der Waals surface area contributed by atoms with Crippen LogP contribution in [-0.4, -0.2) is 52.8 Å². The Kier molecular flexibility index (Phi) is 5.77. The summed E-state index contributed by atoms with van der Waals surface area (Å²) in [5.41, 5.74) is 0.819. The van der Waals surface area contributed by atoms with Gasteiger partial charge in [0.25, 0.3) is 5.91 Å². The van der Waals surface area contributed by atoms with Crippen LogP contribution in [0, 0.1) is 19.8 Å². The van der Waals surface area contributed by atoms with E-state index in [1.807, 2.05) is 30.7 Å². The number of amides is 2. The predicted molar refractivity (Wildman–Crippen MR) is 99.9 cm³/mol. The van der Waals surface area contributed by atoms with Crippen molar-refractivity contribution in [2.24, 2.45) is 5.92 Å².